The first-order chi connectivity index (χ1) is 9.81. The monoisotopic (exact) mass is 297 g/mol. The number of unbranched alkanes of at least 4 members (excludes halogenated alkanes) is 1. The minimum atomic E-state index is -0.134. The van der Waals surface area contributed by atoms with E-state index in [0.29, 0.717) is 5.84 Å². The van der Waals surface area contributed by atoms with Crippen LogP contribution in [0.4, 0.5) is 0 Å². The maximum atomic E-state index is 7.58. The van der Waals surface area contributed by atoms with Crippen LogP contribution in [0.3, 0.4) is 0 Å². The first-order valence-corrected chi connectivity index (χ1v) is 8.25. The molecule has 0 amide bonds. The highest BCUT2D eigenvalue weighted by Crippen LogP contribution is 2.22. The van der Waals surface area contributed by atoms with Crippen molar-refractivity contribution in [2.75, 3.05) is 59.9 Å². The van der Waals surface area contributed by atoms with Gasteiger partial charge in [0.15, 0.2) is 0 Å². The van der Waals surface area contributed by atoms with E-state index in [-0.39, 0.29) is 5.41 Å². The Bertz CT molecular complexity index is 306. The molecule has 1 heterocycles. The number of hydrogen-bond donors (Lipinski definition) is 2. The molecule has 0 bridgehead atoms. The highest BCUT2D eigenvalue weighted by atomic mass is 15.3. The van der Waals surface area contributed by atoms with E-state index in [1.54, 1.807) is 0 Å². The number of hydrogen-bond acceptors (Lipinski definition) is 4. The van der Waals surface area contributed by atoms with Gasteiger partial charge >= 0.3 is 0 Å². The number of amidine groups is 1. The molecule has 1 saturated heterocycles. The van der Waals surface area contributed by atoms with Crippen LogP contribution in [0.1, 0.15) is 33.1 Å². The van der Waals surface area contributed by atoms with Crippen LogP contribution >= 0.6 is 0 Å². The standard InChI is InChI=1S/C16H35N5/c1-16(2,15(17)18)7-5-6-8-20-11-13-21(14-12-20)10-9-19(3)4/h5-14H2,1-4H3,(H3,17,18). The van der Waals surface area contributed by atoms with Crippen molar-refractivity contribution in [1.29, 1.82) is 5.41 Å². The van der Waals surface area contributed by atoms with Crippen LogP contribution in [0.15, 0.2) is 0 Å². The molecule has 0 aromatic carbocycles. The fraction of sp³-hybridized carbons (Fsp3) is 0.938. The molecule has 21 heavy (non-hydrogen) atoms. The van der Waals surface area contributed by atoms with Gasteiger partial charge in [-0.15, -0.1) is 0 Å². The summed E-state index contributed by atoms with van der Waals surface area (Å²) in [5, 5.41) is 7.58. The molecule has 0 spiro atoms. The van der Waals surface area contributed by atoms with Crippen LogP contribution in [-0.2, 0) is 0 Å². The summed E-state index contributed by atoms with van der Waals surface area (Å²) in [6.45, 7) is 12.5. The Balaban J connectivity index is 2.09. The quantitative estimate of drug-likeness (QED) is 0.383. The van der Waals surface area contributed by atoms with Gasteiger partial charge in [0.25, 0.3) is 0 Å². The number of piperazine rings is 1. The fourth-order valence-corrected chi connectivity index (χ4v) is 2.61. The molecule has 1 rings (SSSR count). The highest BCUT2D eigenvalue weighted by Gasteiger charge is 2.21. The smallest absolute Gasteiger partial charge is 0.0963 e. The Morgan fingerprint density at radius 2 is 1.57 bits per heavy atom. The van der Waals surface area contributed by atoms with E-state index in [1.165, 1.54) is 45.7 Å². The highest BCUT2D eigenvalue weighted by molar-refractivity contribution is 5.82. The number of nitrogens with two attached hydrogens (primary N) is 1. The molecule has 5 nitrogen and oxygen atoms in total. The van der Waals surface area contributed by atoms with Crippen molar-refractivity contribution in [3.8, 4) is 0 Å². The number of nitrogens with zero attached hydrogens (tertiary/aromatic N) is 3. The van der Waals surface area contributed by atoms with Gasteiger partial charge in [-0.3, -0.25) is 10.3 Å². The van der Waals surface area contributed by atoms with Crippen LogP contribution in [0.25, 0.3) is 0 Å². The molecule has 1 fully saturated rings. The third-order valence-electron chi connectivity index (χ3n) is 4.58. The van der Waals surface area contributed by atoms with Gasteiger partial charge in [0.2, 0.25) is 0 Å². The summed E-state index contributed by atoms with van der Waals surface area (Å²) < 4.78 is 0. The van der Waals surface area contributed by atoms with Crippen molar-refractivity contribution in [2.24, 2.45) is 11.1 Å². The van der Waals surface area contributed by atoms with E-state index in [2.05, 4.69) is 42.6 Å². The van der Waals surface area contributed by atoms with Crippen LogP contribution < -0.4 is 5.73 Å². The second-order valence-corrected chi connectivity index (χ2v) is 7.24. The maximum Gasteiger partial charge on any atom is 0.0963 e. The summed E-state index contributed by atoms with van der Waals surface area (Å²) in [6, 6.07) is 0. The Morgan fingerprint density at radius 3 is 2.05 bits per heavy atom. The zero-order valence-electron chi connectivity index (χ0n) is 14.5. The molecule has 0 unspecified atom stereocenters. The lowest BCUT2D eigenvalue weighted by molar-refractivity contribution is 0.123. The normalized spacial score (nSPS) is 18.3. The molecule has 3 N–H and O–H groups in total. The zero-order chi connectivity index (χ0) is 15.9. The zero-order valence-corrected chi connectivity index (χ0v) is 14.5. The summed E-state index contributed by atoms with van der Waals surface area (Å²) in [5.41, 5.74) is 5.49. The lowest BCUT2D eigenvalue weighted by atomic mass is 9.86. The first kappa shape index (κ1) is 18.4. The van der Waals surface area contributed by atoms with E-state index in [0.717, 1.165) is 19.4 Å². The summed E-state index contributed by atoms with van der Waals surface area (Å²) >= 11 is 0. The van der Waals surface area contributed by atoms with Crippen molar-refractivity contribution >= 4 is 5.84 Å². The molecule has 1 aliphatic rings. The Hall–Kier alpha value is -0.650. The summed E-state index contributed by atoms with van der Waals surface area (Å²) in [6.07, 6.45) is 3.40. The average Bonchev–Trinajstić information content (AvgIpc) is 2.42. The van der Waals surface area contributed by atoms with Crippen molar-refractivity contribution in [1.82, 2.24) is 14.7 Å². The maximum absolute atomic E-state index is 7.58. The Morgan fingerprint density at radius 1 is 1.05 bits per heavy atom. The van der Waals surface area contributed by atoms with Gasteiger partial charge in [0.05, 0.1) is 5.84 Å². The molecule has 0 atom stereocenters. The molecular weight excluding hydrogens is 262 g/mol. The average molecular weight is 297 g/mol. The number of rotatable bonds is 9. The van der Waals surface area contributed by atoms with E-state index in [4.69, 9.17) is 11.1 Å². The molecule has 0 saturated carbocycles. The Labute approximate surface area is 131 Å². The molecule has 1 aliphatic heterocycles. The van der Waals surface area contributed by atoms with E-state index >= 15 is 0 Å². The second-order valence-electron chi connectivity index (χ2n) is 7.24. The lowest BCUT2D eigenvalue weighted by Gasteiger charge is -2.35. The van der Waals surface area contributed by atoms with Gasteiger partial charge in [-0.1, -0.05) is 20.3 Å². The summed E-state index contributed by atoms with van der Waals surface area (Å²) in [4.78, 5) is 7.39. The largest absolute Gasteiger partial charge is 0.387 e. The van der Waals surface area contributed by atoms with Gasteiger partial charge in [0.1, 0.15) is 0 Å². The minimum absolute atomic E-state index is 0.134. The summed E-state index contributed by atoms with van der Waals surface area (Å²) in [7, 11) is 4.28. The molecular formula is C16H35N5. The number of nitrogens with one attached hydrogen (secondary N) is 1. The number of likely N-dealkylation sites (N-methyl/N-ethyl adjacent to an activating group) is 1. The summed E-state index contributed by atoms with van der Waals surface area (Å²) in [5.74, 6) is 0.317. The second kappa shape index (κ2) is 8.71. The third kappa shape index (κ3) is 7.25. The van der Waals surface area contributed by atoms with Gasteiger partial charge in [-0.05, 0) is 33.5 Å². The van der Waals surface area contributed by atoms with Crippen molar-refractivity contribution in [2.45, 2.75) is 33.1 Å². The predicted octanol–water partition coefficient (Wildman–Crippen LogP) is 1.30. The molecule has 0 aliphatic carbocycles. The molecule has 5 heteroatoms. The molecule has 0 aromatic rings. The van der Waals surface area contributed by atoms with E-state index in [9.17, 15) is 0 Å². The predicted molar refractivity (Wildman–Crippen MR) is 91.0 cm³/mol. The van der Waals surface area contributed by atoms with Crippen LogP contribution in [0.2, 0.25) is 0 Å². The Kier molecular flexibility index (Phi) is 7.63. The molecule has 124 valence electrons. The van der Waals surface area contributed by atoms with Crippen LogP contribution in [0.5, 0.6) is 0 Å². The van der Waals surface area contributed by atoms with Crippen molar-refractivity contribution in [3.05, 3.63) is 0 Å². The molecule has 0 radical (unpaired) electrons. The topological polar surface area (TPSA) is 59.6 Å². The SMILES string of the molecule is CN(C)CCN1CCN(CCCCC(C)(C)C(=N)N)CC1. The first-order valence-electron chi connectivity index (χ1n) is 8.25. The van der Waals surface area contributed by atoms with Crippen molar-refractivity contribution < 1.29 is 0 Å². The van der Waals surface area contributed by atoms with Gasteiger partial charge in [0, 0.05) is 44.7 Å². The van der Waals surface area contributed by atoms with Gasteiger partial charge < -0.3 is 15.5 Å². The van der Waals surface area contributed by atoms with E-state index < -0.39 is 0 Å². The van der Waals surface area contributed by atoms with Crippen LogP contribution in [0, 0.1) is 10.8 Å². The lowest BCUT2D eigenvalue weighted by Crippen LogP contribution is -2.48. The minimum Gasteiger partial charge on any atom is -0.387 e. The van der Waals surface area contributed by atoms with Crippen LogP contribution in [-0.4, -0.2) is 80.4 Å². The molecule has 0 aromatic heterocycles. The van der Waals surface area contributed by atoms with Gasteiger partial charge in [-0.25, -0.2) is 0 Å². The van der Waals surface area contributed by atoms with Crippen molar-refractivity contribution in [3.63, 3.8) is 0 Å². The van der Waals surface area contributed by atoms with Gasteiger partial charge in [-0.2, -0.15) is 0 Å². The fourth-order valence-electron chi connectivity index (χ4n) is 2.61. The third-order valence-corrected chi connectivity index (χ3v) is 4.58. The van der Waals surface area contributed by atoms with E-state index in [1.807, 2.05) is 0 Å².